The van der Waals surface area contributed by atoms with Crippen LogP contribution in [0, 0.1) is 10.1 Å². The van der Waals surface area contributed by atoms with Crippen molar-refractivity contribution in [3.63, 3.8) is 0 Å². The van der Waals surface area contributed by atoms with Gasteiger partial charge in [-0.1, -0.05) is 23.7 Å². The molecule has 1 aliphatic rings. The molecule has 2 N–H and O–H groups in total. The molecule has 0 atom stereocenters. The molecule has 1 saturated heterocycles. The van der Waals surface area contributed by atoms with E-state index in [1.165, 1.54) is 18.2 Å². The summed E-state index contributed by atoms with van der Waals surface area (Å²) in [5.41, 5.74) is 6.61. The molecule has 10 heteroatoms. The summed E-state index contributed by atoms with van der Waals surface area (Å²) >= 11 is 5.84. The minimum Gasteiger partial charge on any atom is -0.383 e. The van der Waals surface area contributed by atoms with Crippen molar-refractivity contribution in [2.75, 3.05) is 31.9 Å². The lowest BCUT2D eigenvalue weighted by Gasteiger charge is -2.34. The summed E-state index contributed by atoms with van der Waals surface area (Å²) in [4.78, 5) is 36.2. The molecule has 3 aromatic rings. The summed E-state index contributed by atoms with van der Waals surface area (Å²) < 4.78 is 0. The van der Waals surface area contributed by atoms with Crippen molar-refractivity contribution in [2.24, 2.45) is 0 Å². The predicted octanol–water partition coefficient (Wildman–Crippen LogP) is 2.73. The first kappa shape index (κ1) is 20.0. The van der Waals surface area contributed by atoms with Crippen LogP contribution < -0.4 is 5.73 Å². The van der Waals surface area contributed by atoms with Crippen LogP contribution in [-0.2, 0) is 6.54 Å². The summed E-state index contributed by atoms with van der Waals surface area (Å²) in [6.45, 7) is 2.61. The topological polar surface area (TPSA) is 118 Å². The molecule has 30 heavy (non-hydrogen) atoms. The van der Waals surface area contributed by atoms with Crippen molar-refractivity contribution in [2.45, 2.75) is 6.54 Å². The number of halogens is 1. The first-order valence-electron chi connectivity index (χ1n) is 9.39. The van der Waals surface area contributed by atoms with Gasteiger partial charge < -0.3 is 10.6 Å². The number of fused-ring (bicyclic) bond motifs is 1. The summed E-state index contributed by atoms with van der Waals surface area (Å²) in [5, 5.41) is 12.3. The van der Waals surface area contributed by atoms with Crippen molar-refractivity contribution in [1.82, 2.24) is 19.8 Å². The molecule has 9 nitrogen and oxygen atoms in total. The fourth-order valence-corrected chi connectivity index (χ4v) is 3.70. The third-order valence-electron chi connectivity index (χ3n) is 5.09. The average molecular weight is 427 g/mol. The lowest BCUT2D eigenvalue weighted by molar-refractivity contribution is -0.385. The maximum Gasteiger partial charge on any atom is 0.283 e. The highest BCUT2D eigenvalue weighted by Crippen LogP contribution is 2.25. The third-order valence-corrected chi connectivity index (χ3v) is 5.33. The highest BCUT2D eigenvalue weighted by atomic mass is 35.5. The molecule has 0 aliphatic carbocycles. The van der Waals surface area contributed by atoms with Crippen molar-refractivity contribution in [3.05, 3.63) is 69.0 Å². The van der Waals surface area contributed by atoms with Crippen LogP contribution in [0.4, 0.5) is 11.5 Å². The number of hydrogen-bond acceptors (Lipinski definition) is 7. The van der Waals surface area contributed by atoms with E-state index < -0.39 is 4.92 Å². The first-order chi connectivity index (χ1) is 14.4. The monoisotopic (exact) mass is 426 g/mol. The van der Waals surface area contributed by atoms with Crippen LogP contribution >= 0.6 is 11.6 Å². The van der Waals surface area contributed by atoms with E-state index >= 15 is 0 Å². The highest BCUT2D eigenvalue weighted by molar-refractivity contribution is 6.31. The van der Waals surface area contributed by atoms with Crippen molar-refractivity contribution in [3.8, 4) is 0 Å². The second-order valence-corrected chi connectivity index (χ2v) is 7.47. The summed E-state index contributed by atoms with van der Waals surface area (Å²) in [6.07, 6.45) is 0. The fourth-order valence-electron chi connectivity index (χ4n) is 3.54. The van der Waals surface area contributed by atoms with Gasteiger partial charge in [0.2, 0.25) is 0 Å². The second-order valence-electron chi connectivity index (χ2n) is 7.03. The largest absolute Gasteiger partial charge is 0.383 e. The number of nitro groups is 1. The Morgan fingerprint density at radius 1 is 1.13 bits per heavy atom. The molecule has 0 spiro atoms. The Morgan fingerprint density at radius 3 is 2.60 bits per heavy atom. The van der Waals surface area contributed by atoms with E-state index in [0.29, 0.717) is 44.4 Å². The number of anilines is 1. The normalized spacial score (nSPS) is 14.8. The molecule has 0 saturated carbocycles. The Kier molecular flexibility index (Phi) is 5.47. The fraction of sp³-hybridized carbons (Fsp3) is 0.250. The van der Waals surface area contributed by atoms with Crippen molar-refractivity contribution < 1.29 is 9.72 Å². The molecular weight excluding hydrogens is 408 g/mol. The quantitative estimate of drug-likeness (QED) is 0.503. The van der Waals surface area contributed by atoms with Gasteiger partial charge in [-0.2, -0.15) is 0 Å². The number of aromatic nitrogens is 2. The van der Waals surface area contributed by atoms with Crippen LogP contribution in [0.1, 0.15) is 16.2 Å². The number of amides is 1. The SMILES string of the molecule is Nc1nc(CN2CCN(C(=O)c3ccc(Cl)cc3[N+](=O)[O-])CC2)nc2ccccc12. The van der Waals surface area contributed by atoms with E-state index in [1.807, 2.05) is 24.3 Å². The lowest BCUT2D eigenvalue weighted by atomic mass is 10.1. The number of piperazine rings is 1. The predicted molar refractivity (Wildman–Crippen MR) is 113 cm³/mol. The third kappa shape index (κ3) is 4.03. The number of rotatable bonds is 4. The van der Waals surface area contributed by atoms with E-state index in [4.69, 9.17) is 17.3 Å². The van der Waals surface area contributed by atoms with Gasteiger partial charge in [-0.25, -0.2) is 9.97 Å². The van der Waals surface area contributed by atoms with Gasteiger partial charge in [0.1, 0.15) is 17.2 Å². The van der Waals surface area contributed by atoms with Gasteiger partial charge in [0.05, 0.1) is 17.0 Å². The molecule has 4 rings (SSSR count). The maximum atomic E-state index is 12.8. The van der Waals surface area contributed by atoms with Gasteiger partial charge in [-0.05, 0) is 24.3 Å². The number of nitrogens with two attached hydrogens (primary N) is 1. The number of nitrogens with zero attached hydrogens (tertiary/aromatic N) is 5. The van der Waals surface area contributed by atoms with Gasteiger partial charge >= 0.3 is 0 Å². The number of nitrogen functional groups attached to an aromatic ring is 1. The minimum absolute atomic E-state index is 0.0449. The van der Waals surface area contributed by atoms with Crippen molar-refractivity contribution in [1.29, 1.82) is 0 Å². The molecule has 154 valence electrons. The molecular formula is C20H19ClN6O3. The van der Waals surface area contributed by atoms with Crippen molar-refractivity contribution >= 4 is 39.9 Å². The van der Waals surface area contributed by atoms with E-state index in [9.17, 15) is 14.9 Å². The number of benzene rings is 2. The van der Waals surface area contributed by atoms with E-state index in [-0.39, 0.29) is 22.2 Å². The average Bonchev–Trinajstić information content (AvgIpc) is 2.74. The molecule has 2 heterocycles. The number of hydrogen-bond donors (Lipinski definition) is 1. The van der Waals surface area contributed by atoms with Crippen LogP contribution in [0.2, 0.25) is 5.02 Å². The Hall–Kier alpha value is -3.30. The van der Waals surface area contributed by atoms with Gasteiger partial charge in [-0.15, -0.1) is 0 Å². The van der Waals surface area contributed by atoms with Gasteiger partial charge in [-0.3, -0.25) is 19.8 Å². The molecule has 0 unspecified atom stereocenters. The van der Waals surface area contributed by atoms with E-state index in [1.54, 1.807) is 4.90 Å². The standard InChI is InChI=1S/C20H19ClN6O3/c21-13-5-6-15(17(11-13)27(29)30)20(28)26-9-7-25(8-10-26)12-18-23-16-4-2-1-3-14(16)19(22)24-18/h1-6,11H,7-10,12H2,(H2,22,23,24). The van der Waals surface area contributed by atoms with E-state index in [0.717, 1.165) is 10.9 Å². The number of carbonyl (C=O) groups excluding carboxylic acids is 1. The van der Waals surface area contributed by atoms with Gasteiger partial charge in [0.15, 0.2) is 0 Å². The summed E-state index contributed by atoms with van der Waals surface area (Å²) in [7, 11) is 0. The Bertz CT molecular complexity index is 1130. The van der Waals surface area contributed by atoms with Gasteiger partial charge in [0, 0.05) is 42.7 Å². The summed E-state index contributed by atoms with van der Waals surface area (Å²) in [5.74, 6) is 0.697. The van der Waals surface area contributed by atoms with Crippen LogP contribution in [-0.4, -0.2) is 56.8 Å². The first-order valence-corrected chi connectivity index (χ1v) is 9.77. The van der Waals surface area contributed by atoms with Crippen LogP contribution in [0.25, 0.3) is 10.9 Å². The summed E-state index contributed by atoms with van der Waals surface area (Å²) in [6, 6.07) is 11.7. The Balaban J connectivity index is 1.43. The number of carbonyl (C=O) groups is 1. The highest BCUT2D eigenvalue weighted by Gasteiger charge is 2.28. The number of para-hydroxylation sites is 1. The molecule has 1 amide bonds. The molecule has 1 aromatic heterocycles. The van der Waals surface area contributed by atoms with Crippen LogP contribution in [0.3, 0.4) is 0 Å². The smallest absolute Gasteiger partial charge is 0.283 e. The molecule has 0 radical (unpaired) electrons. The molecule has 0 bridgehead atoms. The van der Waals surface area contributed by atoms with Gasteiger partial charge in [0.25, 0.3) is 11.6 Å². The Labute approximate surface area is 177 Å². The zero-order valence-electron chi connectivity index (χ0n) is 16.0. The maximum absolute atomic E-state index is 12.8. The molecule has 2 aromatic carbocycles. The zero-order valence-corrected chi connectivity index (χ0v) is 16.7. The van der Waals surface area contributed by atoms with Crippen LogP contribution in [0.5, 0.6) is 0 Å². The van der Waals surface area contributed by atoms with E-state index in [2.05, 4.69) is 14.9 Å². The number of nitro benzene ring substituents is 1. The zero-order chi connectivity index (χ0) is 21.3. The lowest BCUT2D eigenvalue weighted by Crippen LogP contribution is -2.48. The molecule has 1 fully saturated rings. The molecule has 1 aliphatic heterocycles. The Morgan fingerprint density at radius 2 is 1.87 bits per heavy atom. The minimum atomic E-state index is -0.586. The second kappa shape index (κ2) is 8.21. The van der Waals surface area contributed by atoms with Crippen LogP contribution in [0.15, 0.2) is 42.5 Å².